The Kier molecular flexibility index (Phi) is 3.59. The highest BCUT2D eigenvalue weighted by molar-refractivity contribution is 5.47. The van der Waals surface area contributed by atoms with E-state index in [2.05, 4.69) is 10.3 Å². The van der Waals surface area contributed by atoms with E-state index >= 15 is 0 Å². The number of hydrogen-bond acceptors (Lipinski definition) is 3. The monoisotopic (exact) mass is 268 g/mol. The Morgan fingerprint density at radius 2 is 1.84 bits per heavy atom. The quantitative estimate of drug-likeness (QED) is 0.896. The van der Waals surface area contributed by atoms with E-state index in [0.717, 1.165) is 6.07 Å². The Morgan fingerprint density at radius 1 is 1.11 bits per heavy atom. The van der Waals surface area contributed by atoms with Gasteiger partial charge < -0.3 is 10.4 Å². The Balaban J connectivity index is 2.19. The Bertz CT molecular complexity index is 570. The number of alkyl halides is 3. The molecule has 0 unspecified atom stereocenters. The van der Waals surface area contributed by atoms with Gasteiger partial charge in [0, 0.05) is 18.3 Å². The van der Waals surface area contributed by atoms with Crippen LogP contribution < -0.4 is 5.32 Å². The van der Waals surface area contributed by atoms with Crippen molar-refractivity contribution in [2.24, 2.45) is 0 Å². The maximum Gasteiger partial charge on any atom is 0.419 e. The lowest BCUT2D eigenvalue weighted by atomic mass is 10.2. The van der Waals surface area contributed by atoms with Gasteiger partial charge in [-0.2, -0.15) is 13.2 Å². The van der Waals surface area contributed by atoms with Gasteiger partial charge >= 0.3 is 6.18 Å². The predicted octanol–water partition coefficient (Wildman–Crippen LogP) is 3.42. The normalized spacial score (nSPS) is 11.3. The van der Waals surface area contributed by atoms with Gasteiger partial charge in [-0.1, -0.05) is 18.2 Å². The van der Waals surface area contributed by atoms with Crippen LogP contribution in [-0.4, -0.2) is 10.1 Å². The summed E-state index contributed by atoms with van der Waals surface area (Å²) >= 11 is 0. The molecule has 100 valence electrons. The molecular weight excluding hydrogens is 257 g/mol. The number of nitrogens with zero attached hydrogens (tertiary/aromatic N) is 1. The third-order valence-electron chi connectivity index (χ3n) is 2.55. The average Bonchev–Trinajstić information content (AvgIpc) is 2.37. The molecule has 0 bridgehead atoms. The van der Waals surface area contributed by atoms with E-state index in [1.165, 1.54) is 18.3 Å². The van der Waals surface area contributed by atoms with Crippen molar-refractivity contribution in [2.75, 3.05) is 5.32 Å². The van der Waals surface area contributed by atoms with E-state index in [4.69, 9.17) is 0 Å². The van der Waals surface area contributed by atoms with Crippen LogP contribution in [0.25, 0.3) is 0 Å². The molecule has 0 amide bonds. The zero-order valence-corrected chi connectivity index (χ0v) is 9.78. The molecule has 0 atom stereocenters. The number of aromatic nitrogens is 1. The minimum atomic E-state index is -4.46. The molecular formula is C13H11F3N2O. The predicted molar refractivity (Wildman–Crippen MR) is 64.7 cm³/mol. The molecule has 2 N–H and O–H groups in total. The van der Waals surface area contributed by atoms with Crippen molar-refractivity contribution in [3.63, 3.8) is 0 Å². The Labute approximate surface area is 107 Å². The van der Waals surface area contributed by atoms with Crippen LogP contribution in [0, 0.1) is 0 Å². The summed E-state index contributed by atoms with van der Waals surface area (Å²) in [6.07, 6.45) is -3.18. The maximum absolute atomic E-state index is 12.7. The zero-order valence-electron chi connectivity index (χ0n) is 9.78. The minimum absolute atomic E-state index is 0.0273. The molecule has 1 aromatic carbocycles. The van der Waals surface area contributed by atoms with Crippen molar-refractivity contribution in [3.05, 3.63) is 53.7 Å². The largest absolute Gasteiger partial charge is 0.508 e. The molecule has 1 heterocycles. The molecule has 0 aliphatic heterocycles. The van der Waals surface area contributed by atoms with Gasteiger partial charge in [0.1, 0.15) is 11.6 Å². The number of hydrogen-bond donors (Lipinski definition) is 2. The third-order valence-corrected chi connectivity index (χ3v) is 2.55. The average molecular weight is 268 g/mol. The fourth-order valence-corrected chi connectivity index (χ4v) is 1.61. The first-order valence-electron chi connectivity index (χ1n) is 5.51. The summed E-state index contributed by atoms with van der Waals surface area (Å²) in [7, 11) is 0. The molecule has 0 fully saturated rings. The molecule has 6 heteroatoms. The molecule has 2 aromatic rings. The second-order valence-corrected chi connectivity index (χ2v) is 3.88. The van der Waals surface area contributed by atoms with Gasteiger partial charge in [0.05, 0.1) is 5.56 Å². The summed E-state index contributed by atoms with van der Waals surface area (Å²) in [5.41, 5.74) is -0.327. The van der Waals surface area contributed by atoms with Crippen LogP contribution in [0.3, 0.4) is 0 Å². The van der Waals surface area contributed by atoms with Crippen molar-refractivity contribution in [1.82, 2.24) is 4.98 Å². The van der Waals surface area contributed by atoms with E-state index in [0.29, 0.717) is 5.56 Å². The molecule has 0 saturated heterocycles. The first-order valence-corrected chi connectivity index (χ1v) is 5.51. The fraction of sp³-hybridized carbons (Fsp3) is 0.154. The fourth-order valence-electron chi connectivity index (χ4n) is 1.61. The number of halogens is 3. The van der Waals surface area contributed by atoms with Crippen molar-refractivity contribution >= 4 is 5.82 Å². The van der Waals surface area contributed by atoms with Crippen LogP contribution >= 0.6 is 0 Å². The summed E-state index contributed by atoms with van der Waals surface area (Å²) in [6, 6.07) is 8.62. The second-order valence-electron chi connectivity index (χ2n) is 3.88. The number of rotatable bonds is 3. The zero-order chi connectivity index (χ0) is 13.9. The molecule has 0 radical (unpaired) electrons. The molecule has 0 saturated carbocycles. The highest BCUT2D eigenvalue weighted by atomic mass is 19.4. The van der Waals surface area contributed by atoms with E-state index in [9.17, 15) is 18.3 Å². The van der Waals surface area contributed by atoms with E-state index in [1.807, 2.05) is 0 Å². The second kappa shape index (κ2) is 5.17. The number of para-hydroxylation sites is 1. The molecule has 0 spiro atoms. The number of phenols is 1. The topological polar surface area (TPSA) is 45.1 Å². The lowest BCUT2D eigenvalue weighted by Crippen LogP contribution is -2.12. The lowest BCUT2D eigenvalue weighted by molar-refractivity contribution is -0.137. The highest BCUT2D eigenvalue weighted by Gasteiger charge is 2.33. The molecule has 1 aromatic heterocycles. The standard InChI is InChI=1S/C13H11F3N2O/c14-13(15,16)10-5-3-7-17-12(10)18-8-9-4-1-2-6-11(9)19/h1-7,19H,8H2,(H,17,18). The van der Waals surface area contributed by atoms with Gasteiger partial charge in [-0.05, 0) is 18.2 Å². The van der Waals surface area contributed by atoms with Crippen molar-refractivity contribution in [3.8, 4) is 5.75 Å². The van der Waals surface area contributed by atoms with Crippen LogP contribution in [0.2, 0.25) is 0 Å². The number of phenolic OH excluding ortho intramolecular Hbond substituents is 1. The van der Waals surface area contributed by atoms with Gasteiger partial charge in [0.15, 0.2) is 0 Å². The van der Waals surface area contributed by atoms with Crippen LogP contribution in [0.5, 0.6) is 5.75 Å². The minimum Gasteiger partial charge on any atom is -0.508 e. The van der Waals surface area contributed by atoms with Crippen LogP contribution in [0.1, 0.15) is 11.1 Å². The molecule has 19 heavy (non-hydrogen) atoms. The van der Waals surface area contributed by atoms with Crippen molar-refractivity contribution in [1.29, 1.82) is 0 Å². The lowest BCUT2D eigenvalue weighted by Gasteiger charge is -2.13. The number of pyridine rings is 1. The molecule has 0 aliphatic rings. The summed E-state index contributed by atoms with van der Waals surface area (Å²) in [5, 5.41) is 12.1. The Morgan fingerprint density at radius 3 is 2.53 bits per heavy atom. The van der Waals surface area contributed by atoms with E-state index in [-0.39, 0.29) is 18.1 Å². The van der Waals surface area contributed by atoms with Gasteiger partial charge in [-0.25, -0.2) is 4.98 Å². The van der Waals surface area contributed by atoms with Crippen molar-refractivity contribution in [2.45, 2.75) is 12.7 Å². The summed E-state index contributed by atoms with van der Waals surface area (Å²) in [4.78, 5) is 3.68. The van der Waals surface area contributed by atoms with Gasteiger partial charge in [0.2, 0.25) is 0 Å². The summed E-state index contributed by atoms with van der Waals surface area (Å²) in [5.74, 6) is -0.224. The van der Waals surface area contributed by atoms with E-state index in [1.54, 1.807) is 18.2 Å². The van der Waals surface area contributed by atoms with Gasteiger partial charge in [-0.3, -0.25) is 0 Å². The van der Waals surface area contributed by atoms with Crippen molar-refractivity contribution < 1.29 is 18.3 Å². The first-order chi connectivity index (χ1) is 8.98. The van der Waals surface area contributed by atoms with Crippen LogP contribution in [0.15, 0.2) is 42.6 Å². The first kappa shape index (κ1) is 13.2. The molecule has 3 nitrogen and oxygen atoms in total. The molecule has 2 rings (SSSR count). The highest BCUT2D eigenvalue weighted by Crippen LogP contribution is 2.33. The SMILES string of the molecule is Oc1ccccc1CNc1ncccc1C(F)(F)F. The van der Waals surface area contributed by atoms with Gasteiger partial charge in [0.25, 0.3) is 0 Å². The number of aromatic hydroxyl groups is 1. The maximum atomic E-state index is 12.7. The number of nitrogens with one attached hydrogen (secondary N) is 1. The third kappa shape index (κ3) is 3.15. The van der Waals surface area contributed by atoms with Crippen LogP contribution in [-0.2, 0) is 12.7 Å². The van der Waals surface area contributed by atoms with Gasteiger partial charge in [-0.15, -0.1) is 0 Å². The van der Waals surface area contributed by atoms with Crippen LogP contribution in [0.4, 0.5) is 19.0 Å². The smallest absolute Gasteiger partial charge is 0.419 e. The number of anilines is 1. The summed E-state index contributed by atoms with van der Waals surface area (Å²) in [6.45, 7) is 0.0623. The Hall–Kier alpha value is -2.24. The summed E-state index contributed by atoms with van der Waals surface area (Å²) < 4.78 is 38.2. The van der Waals surface area contributed by atoms with E-state index < -0.39 is 11.7 Å². The molecule has 0 aliphatic carbocycles. The number of benzene rings is 1.